The second-order valence-electron chi connectivity index (χ2n) is 4.10. The lowest BCUT2D eigenvalue weighted by atomic mass is 10.1. The summed E-state index contributed by atoms with van der Waals surface area (Å²) < 4.78 is 45.3. The molecule has 0 aliphatic heterocycles. The third-order valence-electron chi connectivity index (χ3n) is 2.69. The minimum Gasteiger partial charge on any atom is -0.382 e. The second kappa shape index (κ2) is 5.34. The van der Waals surface area contributed by atoms with Gasteiger partial charge in [-0.2, -0.15) is 13.2 Å². The van der Waals surface area contributed by atoms with Crippen LogP contribution in [0, 0.1) is 0 Å². The Balaban J connectivity index is 2.46. The van der Waals surface area contributed by atoms with Crippen LogP contribution in [0.4, 0.5) is 13.2 Å². The van der Waals surface area contributed by atoms with Gasteiger partial charge >= 0.3 is 11.9 Å². The van der Waals surface area contributed by atoms with Crippen molar-refractivity contribution in [2.75, 3.05) is 0 Å². The molecule has 0 spiro atoms. The van der Waals surface area contributed by atoms with Gasteiger partial charge in [-0.05, 0) is 17.7 Å². The molecule has 2 aromatic rings. The van der Waals surface area contributed by atoms with Crippen molar-refractivity contribution in [3.8, 4) is 11.3 Å². The van der Waals surface area contributed by atoms with Crippen LogP contribution in [0.25, 0.3) is 11.3 Å². The summed E-state index contributed by atoms with van der Waals surface area (Å²) in [6.07, 6.45) is -6.46. The zero-order chi connectivity index (χ0) is 15.8. The number of aromatic nitrogens is 2. The first-order chi connectivity index (χ1) is 9.70. The maximum absolute atomic E-state index is 12.4. The lowest BCUT2D eigenvalue weighted by Crippen LogP contribution is -2.36. The summed E-state index contributed by atoms with van der Waals surface area (Å²) in [5.41, 5.74) is -0.463. The molecular formula is C12H10ClF3N2O2. The van der Waals surface area contributed by atoms with Crippen molar-refractivity contribution < 1.29 is 19.7 Å². The van der Waals surface area contributed by atoms with Gasteiger partial charge in [-0.15, -0.1) is 0 Å². The molecule has 0 bridgehead atoms. The Bertz CT molecular complexity index is 694. The Morgan fingerprint density at radius 2 is 2.00 bits per heavy atom. The Morgan fingerprint density at radius 1 is 1.40 bits per heavy atom. The number of aliphatic hydroxyl groups is 1. The predicted molar refractivity (Wildman–Crippen MR) is 67.6 cm³/mol. The number of halogens is 4. The smallest absolute Gasteiger partial charge is 0.382 e. The molecule has 0 unspecified atom stereocenters. The summed E-state index contributed by atoms with van der Waals surface area (Å²) in [7, 11) is 0. The number of benzene rings is 1. The standard InChI is InChI=1S/C12H10ClF3N2O2/c13-8-3-1-7(2-4-8)9-5-17-11(20)18(9)6-10(19)12(14,15)16/h1-5,10,19H,6H2,(H,17,20)/t10-/m0/s1/i/hD. The molecule has 20 heavy (non-hydrogen) atoms. The molecule has 2 rings (SSSR count). The fourth-order valence-electron chi connectivity index (χ4n) is 1.66. The highest BCUT2D eigenvalue weighted by atomic mass is 35.5. The molecule has 4 nitrogen and oxygen atoms in total. The molecule has 2 N–H and O–H groups in total. The first kappa shape index (κ1) is 13.3. The topological polar surface area (TPSA) is 58.0 Å². The summed E-state index contributed by atoms with van der Waals surface area (Å²) in [6, 6.07) is 6.03. The summed E-state index contributed by atoms with van der Waals surface area (Å²) in [6.45, 7) is -0.980. The van der Waals surface area contributed by atoms with Crippen molar-refractivity contribution in [3.63, 3.8) is 0 Å². The average molecular weight is 308 g/mol. The van der Waals surface area contributed by atoms with Gasteiger partial charge in [0.2, 0.25) is 0 Å². The molecule has 1 aromatic carbocycles. The van der Waals surface area contributed by atoms with Crippen molar-refractivity contribution in [3.05, 3.63) is 46.0 Å². The van der Waals surface area contributed by atoms with Crippen LogP contribution in [0.1, 0.15) is 0 Å². The summed E-state index contributed by atoms with van der Waals surface area (Å²) in [5, 5.41) is 9.54. The third kappa shape index (κ3) is 3.05. The van der Waals surface area contributed by atoms with Crippen molar-refractivity contribution in [2.24, 2.45) is 0 Å². The fraction of sp³-hybridized carbons (Fsp3) is 0.250. The van der Waals surface area contributed by atoms with E-state index in [0.29, 0.717) is 20.1 Å². The van der Waals surface area contributed by atoms with E-state index < -0.39 is 24.5 Å². The van der Waals surface area contributed by atoms with E-state index in [2.05, 4.69) is 0 Å². The van der Waals surface area contributed by atoms with Gasteiger partial charge in [0.05, 0.1) is 12.2 Å². The first-order valence-electron chi connectivity index (χ1n) is 5.97. The van der Waals surface area contributed by atoms with E-state index in [-0.39, 0.29) is 5.69 Å². The number of H-pyrrole nitrogens is 1. The van der Waals surface area contributed by atoms with Crippen LogP contribution in [-0.2, 0) is 6.54 Å². The SMILES string of the molecule is [2H]n1cc(-c2ccc(Cl)cc2)n(C[C@H](O)C(F)(F)F)c1=O. The molecule has 0 saturated carbocycles. The van der Waals surface area contributed by atoms with Crippen LogP contribution in [-0.4, -0.2) is 26.9 Å². The van der Waals surface area contributed by atoms with Gasteiger partial charge in [-0.25, -0.2) is 4.79 Å². The molecule has 0 aliphatic carbocycles. The summed E-state index contributed by atoms with van der Waals surface area (Å²) in [4.78, 5) is 12.1. The Labute approximate surface area is 117 Å². The van der Waals surface area contributed by atoms with Crippen LogP contribution < -0.4 is 5.69 Å². The quantitative estimate of drug-likeness (QED) is 0.915. The number of imidazole rings is 1. The van der Waals surface area contributed by atoms with Gasteiger partial charge in [0.15, 0.2) is 7.52 Å². The molecule has 8 heteroatoms. The monoisotopic (exact) mass is 307 g/mol. The Morgan fingerprint density at radius 3 is 2.55 bits per heavy atom. The fourth-order valence-corrected chi connectivity index (χ4v) is 1.79. The van der Waals surface area contributed by atoms with Crippen molar-refractivity contribution in [2.45, 2.75) is 18.8 Å². The lowest BCUT2D eigenvalue weighted by Gasteiger charge is -2.16. The van der Waals surface area contributed by atoms with E-state index in [1.54, 1.807) is 0 Å². The minimum atomic E-state index is -4.85. The number of hydrogen-bond donors (Lipinski definition) is 2. The molecule has 1 aromatic heterocycles. The van der Waals surface area contributed by atoms with E-state index in [1.165, 1.54) is 24.3 Å². The number of aromatic amines is 1. The summed E-state index contributed by atoms with van der Waals surface area (Å²) in [5.74, 6) is 0. The minimum absolute atomic E-state index is 0.0926. The highest BCUT2D eigenvalue weighted by Crippen LogP contribution is 2.24. The van der Waals surface area contributed by atoms with E-state index in [9.17, 15) is 18.0 Å². The van der Waals surface area contributed by atoms with Crippen molar-refractivity contribution >= 4 is 11.6 Å². The van der Waals surface area contributed by atoms with Crippen LogP contribution in [0.5, 0.6) is 0 Å². The lowest BCUT2D eigenvalue weighted by molar-refractivity contribution is -0.207. The first-order valence-corrected chi connectivity index (χ1v) is 5.90. The number of nitrogens with zero attached hydrogens (tertiary/aromatic N) is 1. The van der Waals surface area contributed by atoms with Crippen molar-refractivity contribution in [1.29, 1.82) is 0 Å². The van der Waals surface area contributed by atoms with E-state index >= 15 is 0 Å². The molecule has 0 radical (unpaired) electrons. The second-order valence-corrected chi connectivity index (χ2v) is 4.54. The molecule has 108 valence electrons. The molecule has 1 atom stereocenters. The third-order valence-corrected chi connectivity index (χ3v) is 2.94. The van der Waals surface area contributed by atoms with E-state index in [0.717, 1.165) is 6.20 Å². The maximum atomic E-state index is 12.4. The normalized spacial score (nSPS) is 14.2. The van der Waals surface area contributed by atoms with Gasteiger partial charge in [0.25, 0.3) is 0 Å². The van der Waals surface area contributed by atoms with E-state index in [4.69, 9.17) is 18.1 Å². The van der Waals surface area contributed by atoms with Gasteiger partial charge in [-0.1, -0.05) is 23.7 Å². The molecule has 0 fully saturated rings. The number of aliphatic hydroxyl groups excluding tert-OH is 1. The van der Waals surface area contributed by atoms with Crippen LogP contribution in [0.15, 0.2) is 35.3 Å². The number of nitrogens with one attached hydrogen (secondary N) is 1. The van der Waals surface area contributed by atoms with Gasteiger partial charge < -0.3 is 10.1 Å². The summed E-state index contributed by atoms with van der Waals surface area (Å²) >= 11 is 5.72. The Kier molecular flexibility index (Phi) is 3.54. The molecule has 0 aliphatic rings. The van der Waals surface area contributed by atoms with Gasteiger partial charge in [0.1, 0.15) is 0 Å². The largest absolute Gasteiger partial charge is 0.416 e. The van der Waals surface area contributed by atoms with E-state index in [1.807, 2.05) is 0 Å². The van der Waals surface area contributed by atoms with Gasteiger partial charge in [0, 0.05) is 11.2 Å². The maximum Gasteiger partial charge on any atom is 0.416 e. The zero-order valence-electron chi connectivity index (χ0n) is 10.9. The van der Waals surface area contributed by atoms with Crippen molar-refractivity contribution in [1.82, 2.24) is 9.54 Å². The highest BCUT2D eigenvalue weighted by Gasteiger charge is 2.38. The molecular weight excluding hydrogens is 297 g/mol. The number of rotatable bonds is 3. The Hall–Kier alpha value is -1.73. The zero-order valence-corrected chi connectivity index (χ0v) is 10.7. The molecule has 0 saturated heterocycles. The number of alkyl halides is 3. The van der Waals surface area contributed by atoms with Gasteiger partial charge in [-0.3, -0.25) is 4.57 Å². The number of hydrogen-bond acceptors (Lipinski definition) is 2. The van der Waals surface area contributed by atoms with Crippen LogP contribution >= 0.6 is 11.6 Å². The molecule has 1 heterocycles. The molecule has 0 amide bonds. The predicted octanol–water partition coefficient (Wildman–Crippen LogP) is 2.42. The average Bonchev–Trinajstić information content (AvgIpc) is 2.67. The highest BCUT2D eigenvalue weighted by molar-refractivity contribution is 6.30. The van der Waals surface area contributed by atoms with Crippen LogP contribution in [0.2, 0.25) is 6.43 Å². The van der Waals surface area contributed by atoms with Crippen LogP contribution in [0.3, 0.4) is 0 Å².